The number of hydrogen-bond acceptors (Lipinski definition) is 6. The van der Waals surface area contributed by atoms with E-state index in [-0.39, 0.29) is 23.8 Å². The number of nitrogens with zero attached hydrogens (tertiary/aromatic N) is 3. The third-order valence-electron chi connectivity index (χ3n) is 6.21. The Kier molecular flexibility index (Phi) is 8.80. The van der Waals surface area contributed by atoms with Gasteiger partial charge in [0.2, 0.25) is 0 Å². The highest BCUT2D eigenvalue weighted by molar-refractivity contribution is 6.29. The highest BCUT2D eigenvalue weighted by Gasteiger charge is 2.44. The van der Waals surface area contributed by atoms with Crippen molar-refractivity contribution in [2.75, 3.05) is 25.5 Å². The number of hydrogen-bond donors (Lipinski definition) is 3. The molecule has 1 fully saturated rings. The van der Waals surface area contributed by atoms with Crippen LogP contribution in [-0.2, 0) is 9.59 Å². The minimum Gasteiger partial charge on any atom is -0.497 e. The number of carboxylic acids is 1. The van der Waals surface area contributed by atoms with Gasteiger partial charge in [-0.15, -0.1) is 0 Å². The topological polar surface area (TPSA) is 141 Å². The molecule has 1 aromatic heterocycles. The minimum atomic E-state index is -1.43. The molecule has 0 bridgehead atoms. The maximum atomic E-state index is 13.7. The van der Waals surface area contributed by atoms with E-state index in [9.17, 15) is 28.7 Å². The molecule has 3 aromatic rings. The number of aromatic nitrogens is 1. The molecule has 40 heavy (non-hydrogen) atoms. The molecule has 2 heterocycles. The van der Waals surface area contributed by atoms with Gasteiger partial charge in [0.25, 0.3) is 11.8 Å². The van der Waals surface area contributed by atoms with Crippen LogP contribution in [0.2, 0.25) is 5.15 Å². The van der Waals surface area contributed by atoms with Crippen molar-refractivity contribution in [2.45, 2.75) is 18.6 Å². The van der Waals surface area contributed by atoms with Crippen molar-refractivity contribution >= 4 is 41.1 Å². The molecule has 2 atom stereocenters. The SMILES string of the molecule is COc1ccc(NC(=O)N2CCN(C(=O)c3ccc(Cl)nc3)C2C(=O)NC(CC(=O)O)c2ccc(F)cc2)cc1. The fourth-order valence-corrected chi connectivity index (χ4v) is 4.35. The van der Waals surface area contributed by atoms with Gasteiger partial charge in [-0.3, -0.25) is 19.3 Å². The van der Waals surface area contributed by atoms with Crippen LogP contribution < -0.4 is 15.4 Å². The first-order chi connectivity index (χ1) is 19.2. The highest BCUT2D eigenvalue weighted by Crippen LogP contribution is 2.24. The van der Waals surface area contributed by atoms with E-state index in [4.69, 9.17) is 16.3 Å². The summed E-state index contributed by atoms with van der Waals surface area (Å²) in [6.07, 6.45) is -0.694. The number of aliphatic carboxylic acids is 1. The second kappa shape index (κ2) is 12.4. The first-order valence-electron chi connectivity index (χ1n) is 12.1. The average Bonchev–Trinajstić information content (AvgIpc) is 3.39. The second-order valence-corrected chi connectivity index (χ2v) is 9.19. The van der Waals surface area contributed by atoms with Gasteiger partial charge in [-0.05, 0) is 54.1 Å². The molecule has 4 rings (SSSR count). The van der Waals surface area contributed by atoms with E-state index in [1.165, 1.54) is 47.4 Å². The molecule has 2 unspecified atom stereocenters. The number of benzene rings is 2. The molecule has 11 nitrogen and oxygen atoms in total. The van der Waals surface area contributed by atoms with Gasteiger partial charge in [0.1, 0.15) is 16.7 Å². The summed E-state index contributed by atoms with van der Waals surface area (Å²) in [5.41, 5.74) is 0.899. The van der Waals surface area contributed by atoms with Crippen LogP contribution in [0.5, 0.6) is 5.75 Å². The summed E-state index contributed by atoms with van der Waals surface area (Å²) >= 11 is 5.84. The van der Waals surface area contributed by atoms with Crippen LogP contribution in [0.3, 0.4) is 0 Å². The zero-order chi connectivity index (χ0) is 28.8. The number of nitrogens with one attached hydrogen (secondary N) is 2. The number of carboxylic acid groups (broad SMARTS) is 1. The van der Waals surface area contributed by atoms with E-state index in [1.807, 2.05) is 0 Å². The van der Waals surface area contributed by atoms with Crippen LogP contribution in [0.25, 0.3) is 0 Å². The van der Waals surface area contributed by atoms with Crippen molar-refractivity contribution in [1.29, 1.82) is 0 Å². The molecule has 1 saturated heterocycles. The van der Waals surface area contributed by atoms with E-state index in [0.29, 0.717) is 17.0 Å². The lowest BCUT2D eigenvalue weighted by atomic mass is 10.0. The molecule has 2 aromatic carbocycles. The summed E-state index contributed by atoms with van der Waals surface area (Å²) in [4.78, 5) is 58.2. The van der Waals surface area contributed by atoms with Crippen molar-refractivity contribution in [2.24, 2.45) is 0 Å². The number of methoxy groups -OCH3 is 1. The van der Waals surface area contributed by atoms with Gasteiger partial charge in [0.05, 0.1) is 25.1 Å². The second-order valence-electron chi connectivity index (χ2n) is 8.80. The number of amides is 4. The van der Waals surface area contributed by atoms with Gasteiger partial charge in [-0.25, -0.2) is 14.2 Å². The number of urea groups is 1. The van der Waals surface area contributed by atoms with E-state index in [2.05, 4.69) is 15.6 Å². The van der Waals surface area contributed by atoms with Crippen molar-refractivity contribution in [3.8, 4) is 5.75 Å². The molecule has 4 amide bonds. The number of carbonyl (C=O) groups is 4. The first-order valence-corrected chi connectivity index (χ1v) is 12.5. The number of pyridine rings is 1. The standard InChI is InChI=1S/C27H25ClFN5O6/c1-40-20-9-7-19(8-10-20)31-27(39)34-13-12-33(26(38)17-4-11-22(28)30-15-17)25(34)24(37)32-21(14-23(35)36)16-2-5-18(29)6-3-16/h2-11,15,21,25H,12-14H2,1H3,(H,31,39)(H,32,37)(H,35,36). The van der Waals surface area contributed by atoms with Crippen LogP contribution in [0.15, 0.2) is 66.9 Å². The highest BCUT2D eigenvalue weighted by atomic mass is 35.5. The van der Waals surface area contributed by atoms with Gasteiger partial charge in [-0.2, -0.15) is 0 Å². The van der Waals surface area contributed by atoms with E-state index in [1.54, 1.807) is 24.3 Å². The van der Waals surface area contributed by atoms with E-state index >= 15 is 0 Å². The molecule has 0 saturated carbocycles. The van der Waals surface area contributed by atoms with Crippen molar-refractivity contribution in [1.82, 2.24) is 20.1 Å². The Labute approximate surface area is 233 Å². The summed E-state index contributed by atoms with van der Waals surface area (Å²) in [6.45, 7) is 0.0166. The summed E-state index contributed by atoms with van der Waals surface area (Å²) in [5, 5.41) is 14.9. The third-order valence-corrected chi connectivity index (χ3v) is 6.44. The predicted molar refractivity (Wildman–Crippen MR) is 142 cm³/mol. The van der Waals surface area contributed by atoms with Crippen molar-refractivity contribution in [3.05, 3.63) is 89.0 Å². The molecule has 1 aliphatic heterocycles. The monoisotopic (exact) mass is 569 g/mol. The molecular formula is C27H25ClFN5O6. The van der Waals surface area contributed by atoms with Gasteiger partial charge in [0.15, 0.2) is 6.17 Å². The van der Waals surface area contributed by atoms with Crippen LogP contribution >= 0.6 is 11.6 Å². The van der Waals surface area contributed by atoms with Gasteiger partial charge in [-0.1, -0.05) is 23.7 Å². The third kappa shape index (κ3) is 6.64. The lowest BCUT2D eigenvalue weighted by molar-refractivity contribution is -0.138. The first kappa shape index (κ1) is 28.3. The summed E-state index contributed by atoms with van der Waals surface area (Å²) < 4.78 is 18.6. The molecule has 0 spiro atoms. The molecule has 208 valence electrons. The summed E-state index contributed by atoms with van der Waals surface area (Å²) in [6, 6.07) is 12.7. The Bertz CT molecular complexity index is 1390. The van der Waals surface area contributed by atoms with E-state index < -0.39 is 48.3 Å². The van der Waals surface area contributed by atoms with Crippen LogP contribution in [0.1, 0.15) is 28.4 Å². The molecular weight excluding hydrogens is 545 g/mol. The van der Waals surface area contributed by atoms with Gasteiger partial charge < -0.3 is 25.4 Å². The number of rotatable bonds is 8. The van der Waals surface area contributed by atoms with Gasteiger partial charge in [0, 0.05) is 25.0 Å². The normalized spacial score (nSPS) is 15.3. The van der Waals surface area contributed by atoms with Crippen LogP contribution in [0.4, 0.5) is 14.9 Å². The Balaban J connectivity index is 1.63. The number of carbonyl (C=O) groups excluding carboxylic acids is 3. The Morgan fingerprint density at radius 3 is 2.33 bits per heavy atom. The summed E-state index contributed by atoms with van der Waals surface area (Å²) in [5.74, 6) is -2.55. The van der Waals surface area contributed by atoms with Crippen LogP contribution in [0, 0.1) is 5.82 Å². The molecule has 13 heteroatoms. The number of ether oxygens (including phenoxy) is 1. The number of halogens is 2. The number of anilines is 1. The van der Waals surface area contributed by atoms with E-state index in [0.717, 1.165) is 12.1 Å². The maximum absolute atomic E-state index is 13.7. The Morgan fingerprint density at radius 1 is 1.05 bits per heavy atom. The van der Waals surface area contributed by atoms with Gasteiger partial charge >= 0.3 is 12.0 Å². The molecule has 3 N–H and O–H groups in total. The Hall–Kier alpha value is -4.71. The lowest BCUT2D eigenvalue weighted by Gasteiger charge is -2.31. The molecule has 0 aliphatic carbocycles. The zero-order valence-electron chi connectivity index (χ0n) is 21.2. The fraction of sp³-hybridized carbons (Fsp3) is 0.222. The van der Waals surface area contributed by atoms with Crippen molar-refractivity contribution in [3.63, 3.8) is 0 Å². The average molecular weight is 570 g/mol. The zero-order valence-corrected chi connectivity index (χ0v) is 22.0. The molecule has 0 radical (unpaired) electrons. The molecule has 1 aliphatic rings. The smallest absolute Gasteiger partial charge is 0.323 e. The maximum Gasteiger partial charge on any atom is 0.323 e. The minimum absolute atomic E-state index is 0.00692. The lowest BCUT2D eigenvalue weighted by Crippen LogP contribution is -2.55. The van der Waals surface area contributed by atoms with Crippen LogP contribution in [-0.4, -0.2) is 70.1 Å². The summed E-state index contributed by atoms with van der Waals surface area (Å²) in [7, 11) is 1.51. The Morgan fingerprint density at radius 2 is 1.73 bits per heavy atom. The quantitative estimate of drug-likeness (QED) is 0.352. The largest absolute Gasteiger partial charge is 0.497 e. The predicted octanol–water partition coefficient (Wildman–Crippen LogP) is 3.53. The fourth-order valence-electron chi connectivity index (χ4n) is 4.24. The van der Waals surface area contributed by atoms with Crippen molar-refractivity contribution < 1.29 is 33.4 Å².